The first kappa shape index (κ1) is 21.7. The van der Waals surface area contributed by atoms with Crippen molar-refractivity contribution in [2.24, 2.45) is 0 Å². The van der Waals surface area contributed by atoms with Crippen LogP contribution in [0.4, 0.5) is 5.69 Å². The molecule has 0 unspecified atom stereocenters. The largest absolute Gasteiger partial charge is 0.462 e. The van der Waals surface area contributed by atoms with Crippen LogP contribution in [0.3, 0.4) is 0 Å². The Kier molecular flexibility index (Phi) is 8.43. The van der Waals surface area contributed by atoms with Crippen LogP contribution in [0.25, 0.3) is 0 Å². The molecule has 9 nitrogen and oxygen atoms in total. The lowest BCUT2D eigenvalue weighted by Gasteiger charge is -2.08. The lowest BCUT2D eigenvalue weighted by molar-refractivity contribution is -0.147. The van der Waals surface area contributed by atoms with Crippen molar-refractivity contribution in [2.45, 2.75) is 19.8 Å². The van der Waals surface area contributed by atoms with Gasteiger partial charge in [-0.3, -0.25) is 14.4 Å². The Hall–Kier alpha value is -3.62. The zero-order chi connectivity index (χ0) is 21.1. The highest BCUT2D eigenvalue weighted by molar-refractivity contribution is 5.94. The Morgan fingerprint density at radius 2 is 1.79 bits per heavy atom. The molecule has 0 saturated heterocycles. The van der Waals surface area contributed by atoms with Gasteiger partial charge in [0.1, 0.15) is 0 Å². The second-order valence-electron chi connectivity index (χ2n) is 5.91. The molecule has 0 aliphatic carbocycles. The van der Waals surface area contributed by atoms with Gasteiger partial charge in [-0.2, -0.15) is 0 Å². The minimum absolute atomic E-state index is 0.0512. The van der Waals surface area contributed by atoms with Gasteiger partial charge in [0, 0.05) is 12.2 Å². The maximum atomic E-state index is 11.9. The highest BCUT2D eigenvalue weighted by Gasteiger charge is 2.12. The highest BCUT2D eigenvalue weighted by Crippen LogP contribution is 2.11. The molecule has 2 rings (SSSR count). The number of carbonyl (C=O) groups excluding carboxylic acids is 4. The third kappa shape index (κ3) is 7.49. The fraction of sp³-hybridized carbons (Fsp3) is 0.300. The molecule has 9 heteroatoms. The predicted molar refractivity (Wildman–Crippen MR) is 102 cm³/mol. The Labute approximate surface area is 167 Å². The molecule has 29 heavy (non-hydrogen) atoms. The molecule has 154 valence electrons. The second-order valence-corrected chi connectivity index (χ2v) is 5.91. The Morgan fingerprint density at radius 1 is 1.03 bits per heavy atom. The number of benzene rings is 1. The van der Waals surface area contributed by atoms with Gasteiger partial charge < -0.3 is 24.5 Å². The first-order chi connectivity index (χ1) is 14.0. The molecule has 0 saturated carbocycles. The summed E-state index contributed by atoms with van der Waals surface area (Å²) in [6.45, 7) is 1.83. The van der Waals surface area contributed by atoms with Crippen LogP contribution in [0, 0.1) is 0 Å². The van der Waals surface area contributed by atoms with E-state index in [-0.39, 0.29) is 18.7 Å². The van der Waals surface area contributed by atoms with E-state index in [1.165, 1.54) is 24.5 Å². The van der Waals surface area contributed by atoms with Crippen LogP contribution < -0.4 is 10.6 Å². The molecule has 1 heterocycles. The average molecular weight is 402 g/mol. The lowest BCUT2D eigenvalue weighted by atomic mass is 10.2. The Balaban J connectivity index is 1.66. The van der Waals surface area contributed by atoms with E-state index in [1.54, 1.807) is 18.2 Å². The monoisotopic (exact) mass is 402 g/mol. The van der Waals surface area contributed by atoms with Crippen molar-refractivity contribution in [1.82, 2.24) is 5.32 Å². The molecule has 0 spiro atoms. The smallest absolute Gasteiger partial charge is 0.338 e. The summed E-state index contributed by atoms with van der Waals surface area (Å²) in [5.74, 6) is -1.89. The quantitative estimate of drug-likeness (QED) is 0.584. The zero-order valence-corrected chi connectivity index (χ0v) is 15.9. The molecule has 2 aromatic rings. The van der Waals surface area contributed by atoms with E-state index >= 15 is 0 Å². The zero-order valence-electron chi connectivity index (χ0n) is 15.9. The van der Waals surface area contributed by atoms with Gasteiger partial charge in [0.15, 0.2) is 12.4 Å². The van der Waals surface area contributed by atoms with Gasteiger partial charge in [-0.1, -0.05) is 6.92 Å². The van der Waals surface area contributed by atoms with Crippen LogP contribution in [-0.4, -0.2) is 43.5 Å². The Bertz CT molecular complexity index is 829. The fourth-order valence-electron chi connectivity index (χ4n) is 2.16. The van der Waals surface area contributed by atoms with E-state index in [0.29, 0.717) is 17.9 Å². The highest BCUT2D eigenvalue weighted by atomic mass is 16.5. The maximum Gasteiger partial charge on any atom is 0.338 e. The van der Waals surface area contributed by atoms with Crippen molar-refractivity contribution in [3.8, 4) is 0 Å². The van der Waals surface area contributed by atoms with E-state index in [1.807, 2.05) is 6.92 Å². The normalized spacial score (nSPS) is 10.1. The molecule has 0 atom stereocenters. The van der Waals surface area contributed by atoms with Crippen LogP contribution in [0.1, 0.15) is 40.7 Å². The number of anilines is 1. The maximum absolute atomic E-state index is 11.9. The molecule has 0 aliphatic rings. The van der Waals surface area contributed by atoms with Gasteiger partial charge >= 0.3 is 11.9 Å². The van der Waals surface area contributed by atoms with Crippen LogP contribution in [0.2, 0.25) is 0 Å². The van der Waals surface area contributed by atoms with Crippen LogP contribution in [-0.2, 0) is 19.1 Å². The summed E-state index contributed by atoms with van der Waals surface area (Å²) in [5.41, 5.74) is 0.822. The standard InChI is InChI=1S/C20H22N2O7/c1-2-11-28-20(26)14-5-7-15(8-6-14)22-17(23)13-29-18(24)9-10-21-19(25)16-4-3-12-27-16/h3-8,12H,2,9-11,13H2,1H3,(H,21,25)(H,22,23). The minimum atomic E-state index is -0.631. The van der Waals surface area contributed by atoms with Gasteiger partial charge in [0.05, 0.1) is 24.9 Å². The van der Waals surface area contributed by atoms with Crippen molar-refractivity contribution >= 4 is 29.4 Å². The molecule has 0 fully saturated rings. The number of hydrogen-bond acceptors (Lipinski definition) is 7. The molecule has 0 radical (unpaired) electrons. The van der Waals surface area contributed by atoms with Gasteiger partial charge in [0.25, 0.3) is 11.8 Å². The molecule has 0 aliphatic heterocycles. The Morgan fingerprint density at radius 3 is 2.45 bits per heavy atom. The molecular weight excluding hydrogens is 380 g/mol. The van der Waals surface area contributed by atoms with Crippen molar-refractivity contribution in [3.05, 3.63) is 54.0 Å². The summed E-state index contributed by atoms with van der Waals surface area (Å²) in [6, 6.07) is 9.23. The first-order valence-corrected chi connectivity index (χ1v) is 9.04. The second kappa shape index (κ2) is 11.3. The predicted octanol–water partition coefficient (Wildman–Crippen LogP) is 2.15. The summed E-state index contributed by atoms with van der Waals surface area (Å²) in [4.78, 5) is 46.8. The van der Waals surface area contributed by atoms with E-state index in [4.69, 9.17) is 13.9 Å². The van der Waals surface area contributed by atoms with E-state index in [2.05, 4.69) is 10.6 Å². The first-order valence-electron chi connectivity index (χ1n) is 9.04. The number of amides is 2. The third-order valence-corrected chi connectivity index (χ3v) is 3.57. The number of rotatable bonds is 10. The third-order valence-electron chi connectivity index (χ3n) is 3.57. The minimum Gasteiger partial charge on any atom is -0.462 e. The molecule has 2 amide bonds. The molecule has 2 N–H and O–H groups in total. The van der Waals surface area contributed by atoms with Crippen LogP contribution in [0.15, 0.2) is 47.1 Å². The molecule has 0 bridgehead atoms. The van der Waals surface area contributed by atoms with Gasteiger partial charge in [-0.15, -0.1) is 0 Å². The number of carbonyl (C=O) groups is 4. The van der Waals surface area contributed by atoms with E-state index < -0.39 is 30.4 Å². The summed E-state index contributed by atoms with van der Waals surface area (Å²) in [6.07, 6.45) is 2.01. The van der Waals surface area contributed by atoms with Crippen molar-refractivity contribution in [3.63, 3.8) is 0 Å². The molecule has 1 aromatic carbocycles. The van der Waals surface area contributed by atoms with Gasteiger partial charge in [-0.25, -0.2) is 4.79 Å². The summed E-state index contributed by atoms with van der Waals surface area (Å²) >= 11 is 0. The number of nitrogens with one attached hydrogen (secondary N) is 2. The number of esters is 2. The van der Waals surface area contributed by atoms with Crippen molar-refractivity contribution in [1.29, 1.82) is 0 Å². The SMILES string of the molecule is CCCOC(=O)c1ccc(NC(=O)COC(=O)CCNC(=O)c2ccco2)cc1. The fourth-order valence-corrected chi connectivity index (χ4v) is 2.16. The van der Waals surface area contributed by atoms with E-state index in [0.717, 1.165) is 6.42 Å². The summed E-state index contributed by atoms with van der Waals surface area (Å²) in [5, 5.41) is 5.05. The number of ether oxygens (including phenoxy) is 2. The lowest BCUT2D eigenvalue weighted by Crippen LogP contribution is -2.27. The summed E-state index contributed by atoms with van der Waals surface area (Å²) in [7, 11) is 0. The number of hydrogen-bond donors (Lipinski definition) is 2. The number of furan rings is 1. The topological polar surface area (TPSA) is 124 Å². The summed E-state index contributed by atoms with van der Waals surface area (Å²) < 4.78 is 14.8. The average Bonchev–Trinajstić information content (AvgIpc) is 3.26. The van der Waals surface area contributed by atoms with Crippen LogP contribution in [0.5, 0.6) is 0 Å². The van der Waals surface area contributed by atoms with Crippen molar-refractivity contribution in [2.75, 3.05) is 25.1 Å². The molecule has 1 aromatic heterocycles. The van der Waals surface area contributed by atoms with E-state index in [9.17, 15) is 19.2 Å². The van der Waals surface area contributed by atoms with Crippen LogP contribution >= 0.6 is 0 Å². The van der Waals surface area contributed by atoms with Gasteiger partial charge in [0.2, 0.25) is 0 Å². The van der Waals surface area contributed by atoms with Crippen molar-refractivity contribution < 1.29 is 33.1 Å². The van der Waals surface area contributed by atoms with Gasteiger partial charge in [-0.05, 0) is 42.8 Å². The molecular formula is C20H22N2O7.